The maximum Gasteiger partial charge on any atom is 0.269 e. The maximum atomic E-state index is 13.0. The molecule has 1 aromatic carbocycles. The summed E-state index contributed by atoms with van der Waals surface area (Å²) < 4.78 is 31.3. The number of nitrogens with one attached hydrogen (secondary N) is 2. The van der Waals surface area contributed by atoms with Crippen molar-refractivity contribution in [3.05, 3.63) is 35.4 Å². The Morgan fingerprint density at radius 2 is 1.83 bits per heavy atom. The van der Waals surface area contributed by atoms with Crippen LogP contribution in [0.5, 0.6) is 0 Å². The third-order valence-corrected chi connectivity index (χ3v) is 4.59. The molecule has 1 aliphatic heterocycles. The molecule has 7 nitrogen and oxygen atoms in total. The second kappa shape index (κ2) is 10.7. The highest BCUT2D eigenvalue weighted by atomic mass is 19.3. The molecule has 1 fully saturated rings. The molecule has 0 radical (unpaired) electrons. The number of benzene rings is 1. The van der Waals surface area contributed by atoms with Gasteiger partial charge >= 0.3 is 0 Å². The van der Waals surface area contributed by atoms with E-state index >= 15 is 0 Å². The average molecular weight is 420 g/mol. The fourth-order valence-corrected chi connectivity index (χ4v) is 2.67. The molecule has 30 heavy (non-hydrogen) atoms. The number of amides is 2. The normalized spacial score (nSPS) is 16.9. The van der Waals surface area contributed by atoms with Gasteiger partial charge in [0, 0.05) is 30.3 Å². The Labute approximate surface area is 172 Å². The van der Waals surface area contributed by atoms with Crippen LogP contribution in [0, 0.1) is 29.6 Å². The Bertz CT molecular complexity index is 873. The number of aliphatic hydroxyl groups is 1. The molecule has 9 heteroatoms. The van der Waals surface area contributed by atoms with Crippen molar-refractivity contribution in [3.63, 3.8) is 0 Å². The zero-order chi connectivity index (χ0) is 22.1. The molecule has 2 amide bonds. The molecule has 4 N–H and O–H groups in total. The molecule has 1 heterocycles. The van der Waals surface area contributed by atoms with E-state index in [2.05, 4.69) is 23.7 Å². The van der Waals surface area contributed by atoms with Crippen LogP contribution in [0.4, 0.5) is 8.78 Å². The SMILES string of the molecule is CC(O)(C(F)F)[C@H](NC(=O)c1ccc(C#CC#CC2CCOCC2)cc1)C(=O)NO. The largest absolute Gasteiger partial charge is 0.381 e. The molecule has 2 atom stereocenters. The number of halogens is 2. The van der Waals surface area contributed by atoms with E-state index in [4.69, 9.17) is 9.94 Å². The minimum absolute atomic E-state index is 0.0506. The Morgan fingerprint density at radius 1 is 1.20 bits per heavy atom. The lowest BCUT2D eigenvalue weighted by atomic mass is 9.95. The topological polar surface area (TPSA) is 108 Å². The van der Waals surface area contributed by atoms with Crippen molar-refractivity contribution in [2.45, 2.75) is 37.8 Å². The van der Waals surface area contributed by atoms with Crippen molar-refractivity contribution in [2.24, 2.45) is 5.92 Å². The number of hydrogen-bond acceptors (Lipinski definition) is 5. The lowest BCUT2D eigenvalue weighted by Crippen LogP contribution is -2.61. The Balaban J connectivity index is 2.04. The third-order valence-electron chi connectivity index (χ3n) is 4.59. The first-order valence-corrected chi connectivity index (χ1v) is 9.20. The van der Waals surface area contributed by atoms with Crippen molar-refractivity contribution < 1.29 is 33.4 Å². The summed E-state index contributed by atoms with van der Waals surface area (Å²) in [7, 11) is 0. The van der Waals surface area contributed by atoms with Crippen molar-refractivity contribution in [3.8, 4) is 23.7 Å². The first kappa shape index (κ1) is 23.3. The van der Waals surface area contributed by atoms with Crippen molar-refractivity contribution in [2.75, 3.05) is 13.2 Å². The first-order chi connectivity index (χ1) is 14.3. The van der Waals surface area contributed by atoms with Gasteiger partial charge in [-0.3, -0.25) is 14.8 Å². The van der Waals surface area contributed by atoms with Crippen molar-refractivity contribution >= 4 is 11.8 Å². The molecule has 160 valence electrons. The van der Waals surface area contributed by atoms with Gasteiger partial charge in [-0.25, -0.2) is 14.3 Å². The maximum absolute atomic E-state index is 13.0. The van der Waals surface area contributed by atoms with E-state index in [0.717, 1.165) is 18.3 Å². The van der Waals surface area contributed by atoms with Gasteiger partial charge in [0.05, 0.1) is 0 Å². The highest BCUT2D eigenvalue weighted by Crippen LogP contribution is 2.20. The molecular formula is C21H22F2N2O5. The van der Waals surface area contributed by atoms with E-state index in [-0.39, 0.29) is 11.5 Å². The Kier molecular flexibility index (Phi) is 8.31. The molecule has 1 unspecified atom stereocenters. The molecule has 1 aliphatic rings. The first-order valence-electron chi connectivity index (χ1n) is 9.20. The second-order valence-electron chi connectivity index (χ2n) is 6.89. The van der Waals surface area contributed by atoms with Gasteiger partial charge in [-0.1, -0.05) is 11.8 Å². The highest BCUT2D eigenvalue weighted by Gasteiger charge is 2.46. The fraction of sp³-hybridized carbons (Fsp3) is 0.429. The summed E-state index contributed by atoms with van der Waals surface area (Å²) in [5.74, 6) is 9.45. The van der Waals surface area contributed by atoms with Gasteiger partial charge < -0.3 is 15.2 Å². The van der Waals surface area contributed by atoms with Gasteiger partial charge in [0.15, 0.2) is 5.60 Å². The molecule has 2 rings (SSSR count). The van der Waals surface area contributed by atoms with Crippen LogP contribution >= 0.6 is 0 Å². The highest BCUT2D eigenvalue weighted by molar-refractivity contribution is 5.97. The standard InChI is InChI=1S/C21H22F2N2O5/c1-21(28,20(22)23)17(19(27)25-29)24-18(26)16-8-6-14(7-9-16)4-2-3-5-15-10-12-30-13-11-15/h6-9,15,17,20,28-29H,10-13H2,1H3,(H,24,26)(H,25,27)/t17-,21?/m1/s1. The van der Waals surface area contributed by atoms with Gasteiger partial charge in [-0.05, 0) is 55.9 Å². The van der Waals surface area contributed by atoms with Crippen LogP contribution in [0.3, 0.4) is 0 Å². The quantitative estimate of drug-likeness (QED) is 0.324. The zero-order valence-corrected chi connectivity index (χ0v) is 16.2. The molecule has 1 saturated heterocycles. The van der Waals surface area contributed by atoms with E-state index in [1.807, 2.05) is 5.32 Å². The summed E-state index contributed by atoms with van der Waals surface area (Å²) in [5, 5.41) is 20.6. The van der Waals surface area contributed by atoms with Crippen LogP contribution < -0.4 is 10.8 Å². The lowest BCUT2D eigenvalue weighted by Gasteiger charge is -2.30. The summed E-state index contributed by atoms with van der Waals surface area (Å²) in [6, 6.07) is 3.76. The summed E-state index contributed by atoms with van der Waals surface area (Å²) in [5.41, 5.74) is -1.10. The van der Waals surface area contributed by atoms with Crippen LogP contribution in [0.15, 0.2) is 24.3 Å². The Morgan fingerprint density at radius 3 is 2.40 bits per heavy atom. The van der Waals surface area contributed by atoms with Gasteiger partial charge in [-0.2, -0.15) is 0 Å². The summed E-state index contributed by atoms with van der Waals surface area (Å²) in [6.07, 6.45) is -1.58. The molecule has 0 bridgehead atoms. The zero-order valence-electron chi connectivity index (χ0n) is 16.2. The third kappa shape index (κ3) is 6.26. The van der Waals surface area contributed by atoms with E-state index in [9.17, 15) is 23.5 Å². The van der Waals surface area contributed by atoms with Crippen LogP contribution in [0.1, 0.15) is 35.7 Å². The van der Waals surface area contributed by atoms with Crippen LogP contribution in [0.2, 0.25) is 0 Å². The molecule has 0 saturated carbocycles. The number of hydrogen-bond donors (Lipinski definition) is 4. The molecular weight excluding hydrogens is 398 g/mol. The fourth-order valence-electron chi connectivity index (χ4n) is 2.67. The summed E-state index contributed by atoms with van der Waals surface area (Å²) >= 11 is 0. The number of hydroxylamine groups is 1. The molecule has 1 aromatic rings. The van der Waals surface area contributed by atoms with Gasteiger partial charge in [0.2, 0.25) is 0 Å². The van der Waals surface area contributed by atoms with Gasteiger partial charge in [0.1, 0.15) is 6.04 Å². The number of rotatable bonds is 5. The minimum Gasteiger partial charge on any atom is -0.381 e. The van der Waals surface area contributed by atoms with Crippen molar-refractivity contribution in [1.29, 1.82) is 0 Å². The number of carbonyl (C=O) groups is 2. The number of ether oxygens (including phenoxy) is 1. The van der Waals surface area contributed by atoms with E-state index in [1.54, 1.807) is 0 Å². The molecule has 0 spiro atoms. The van der Waals surface area contributed by atoms with Crippen LogP contribution in [0.25, 0.3) is 0 Å². The van der Waals surface area contributed by atoms with E-state index in [0.29, 0.717) is 25.7 Å². The van der Waals surface area contributed by atoms with E-state index < -0.39 is 29.9 Å². The predicted octanol–water partition coefficient (Wildman–Crippen LogP) is 1.09. The van der Waals surface area contributed by atoms with Gasteiger partial charge in [0.25, 0.3) is 18.2 Å². The van der Waals surface area contributed by atoms with E-state index in [1.165, 1.54) is 24.3 Å². The number of carbonyl (C=O) groups excluding carboxylic acids is 2. The molecule has 0 aliphatic carbocycles. The predicted molar refractivity (Wildman–Crippen MR) is 102 cm³/mol. The second-order valence-corrected chi connectivity index (χ2v) is 6.89. The van der Waals surface area contributed by atoms with Crippen LogP contribution in [-0.2, 0) is 9.53 Å². The lowest BCUT2D eigenvalue weighted by molar-refractivity contribution is -0.149. The monoisotopic (exact) mass is 420 g/mol. The average Bonchev–Trinajstić information content (AvgIpc) is 2.75. The van der Waals surface area contributed by atoms with Crippen LogP contribution in [-0.4, -0.2) is 53.4 Å². The summed E-state index contributed by atoms with van der Waals surface area (Å²) in [6.45, 7) is 2.08. The molecule has 0 aromatic heterocycles. The Hall–Kier alpha value is -2.98. The minimum atomic E-state index is -3.35. The van der Waals surface area contributed by atoms with Crippen molar-refractivity contribution in [1.82, 2.24) is 10.8 Å². The number of alkyl halides is 2. The smallest absolute Gasteiger partial charge is 0.269 e. The summed E-state index contributed by atoms with van der Waals surface area (Å²) in [4.78, 5) is 23.9. The van der Waals surface area contributed by atoms with Gasteiger partial charge in [-0.15, -0.1) is 0 Å².